The summed E-state index contributed by atoms with van der Waals surface area (Å²) in [5.41, 5.74) is 0. The Kier molecular flexibility index (Phi) is 15.6. The first-order valence-corrected chi connectivity index (χ1v) is 12.3. The number of hydrogen-bond donors (Lipinski definition) is 3. The lowest BCUT2D eigenvalue weighted by Crippen LogP contribution is -2.43. The Morgan fingerprint density at radius 3 is 2.43 bits per heavy atom. The van der Waals surface area contributed by atoms with Crippen molar-refractivity contribution in [3.63, 3.8) is 0 Å². The predicted octanol–water partition coefficient (Wildman–Crippen LogP) is 2.39. The highest BCUT2D eigenvalue weighted by atomic mass is 127. The Morgan fingerprint density at radius 1 is 1.21 bits per heavy atom. The van der Waals surface area contributed by atoms with Gasteiger partial charge in [0.15, 0.2) is 5.96 Å². The number of rotatable bonds is 14. The molecule has 28 heavy (non-hydrogen) atoms. The number of halogens is 1. The highest BCUT2D eigenvalue weighted by molar-refractivity contribution is 14.0. The summed E-state index contributed by atoms with van der Waals surface area (Å²) in [4.78, 5) is 6.86. The molecule has 1 aliphatic rings. The lowest BCUT2D eigenvalue weighted by Gasteiger charge is -2.25. The van der Waals surface area contributed by atoms with Crippen LogP contribution in [-0.4, -0.2) is 70.3 Å². The molecule has 168 valence electrons. The Hall–Kier alpha value is -0.130. The Morgan fingerprint density at radius 2 is 1.89 bits per heavy atom. The maximum atomic E-state index is 12.1. The smallest absolute Gasteiger partial charge is 0.213 e. The van der Waals surface area contributed by atoms with Gasteiger partial charge in [-0.3, -0.25) is 4.99 Å². The minimum absolute atomic E-state index is 0. The number of nitrogens with one attached hydrogen (secondary N) is 3. The van der Waals surface area contributed by atoms with E-state index in [1.807, 2.05) is 6.92 Å². The average molecular weight is 532 g/mol. The number of aliphatic imine (C=N–C) groups is 1. The van der Waals surface area contributed by atoms with Crippen molar-refractivity contribution in [1.29, 1.82) is 0 Å². The summed E-state index contributed by atoms with van der Waals surface area (Å²) in [6, 6.07) is 0.298. The molecule has 0 saturated heterocycles. The zero-order valence-corrected chi connectivity index (χ0v) is 21.3. The molecule has 0 aromatic carbocycles. The van der Waals surface area contributed by atoms with Crippen LogP contribution < -0.4 is 15.4 Å². The van der Waals surface area contributed by atoms with Crippen molar-refractivity contribution in [3.8, 4) is 0 Å². The molecule has 1 rings (SSSR count). The van der Waals surface area contributed by atoms with E-state index in [9.17, 15) is 8.42 Å². The first kappa shape index (κ1) is 27.9. The van der Waals surface area contributed by atoms with Crippen molar-refractivity contribution < 1.29 is 8.42 Å². The molecular formula is C19H42IN5O2S. The van der Waals surface area contributed by atoms with E-state index in [0.29, 0.717) is 24.5 Å². The molecule has 0 aromatic rings. The highest BCUT2D eigenvalue weighted by Crippen LogP contribution is 2.25. The first-order chi connectivity index (χ1) is 12.9. The van der Waals surface area contributed by atoms with Crippen LogP contribution in [0.5, 0.6) is 0 Å². The van der Waals surface area contributed by atoms with E-state index in [2.05, 4.69) is 46.0 Å². The summed E-state index contributed by atoms with van der Waals surface area (Å²) in [6.07, 6.45) is 5.70. The molecule has 1 saturated carbocycles. The second-order valence-electron chi connectivity index (χ2n) is 7.44. The average Bonchev–Trinajstić information content (AvgIpc) is 2.57. The molecule has 0 amide bonds. The lowest BCUT2D eigenvalue weighted by atomic mass is 9.86. The third-order valence-electron chi connectivity index (χ3n) is 5.18. The van der Waals surface area contributed by atoms with Crippen molar-refractivity contribution in [1.82, 2.24) is 20.3 Å². The fraction of sp³-hybridized carbons (Fsp3) is 0.947. The molecule has 3 N–H and O–H groups in total. The molecule has 0 aromatic heterocycles. The number of hydrogen-bond acceptors (Lipinski definition) is 4. The molecule has 0 bridgehead atoms. The Labute approximate surface area is 190 Å². The normalized spacial score (nSPS) is 16.4. The zero-order valence-electron chi connectivity index (χ0n) is 18.2. The van der Waals surface area contributed by atoms with E-state index in [-0.39, 0.29) is 36.3 Å². The second-order valence-corrected chi connectivity index (χ2v) is 9.37. The van der Waals surface area contributed by atoms with Crippen molar-refractivity contribution in [2.45, 2.75) is 65.8 Å². The number of sulfonamides is 1. The van der Waals surface area contributed by atoms with Crippen LogP contribution in [0.25, 0.3) is 0 Å². The molecule has 7 nitrogen and oxygen atoms in total. The molecule has 1 atom stereocenters. The summed E-state index contributed by atoms with van der Waals surface area (Å²) < 4.78 is 26.9. The molecule has 0 radical (unpaired) electrons. The third-order valence-corrected chi connectivity index (χ3v) is 6.51. The topological polar surface area (TPSA) is 85.8 Å². The summed E-state index contributed by atoms with van der Waals surface area (Å²) in [5.74, 6) is 1.26. The third kappa shape index (κ3) is 12.4. The minimum atomic E-state index is -3.24. The molecular weight excluding hydrogens is 489 g/mol. The van der Waals surface area contributed by atoms with Crippen molar-refractivity contribution in [2.24, 2.45) is 10.9 Å². The van der Waals surface area contributed by atoms with Gasteiger partial charge in [-0.05, 0) is 65.1 Å². The SMILES string of the molecule is CCNC(=NCCS(=O)(=O)NCC1CCC1)NC(C)CCCN(CC)CC.I. The molecule has 1 unspecified atom stereocenters. The van der Waals surface area contributed by atoms with Crippen LogP contribution in [0.15, 0.2) is 4.99 Å². The zero-order chi connectivity index (χ0) is 20.1. The molecule has 9 heteroatoms. The van der Waals surface area contributed by atoms with Gasteiger partial charge in [0, 0.05) is 19.1 Å². The van der Waals surface area contributed by atoms with E-state index in [1.54, 1.807) is 0 Å². The van der Waals surface area contributed by atoms with Crippen LogP contribution in [0.2, 0.25) is 0 Å². The van der Waals surface area contributed by atoms with Gasteiger partial charge in [-0.15, -0.1) is 24.0 Å². The molecule has 0 spiro atoms. The van der Waals surface area contributed by atoms with E-state index < -0.39 is 10.0 Å². The molecule has 1 aliphatic carbocycles. The van der Waals surface area contributed by atoms with Gasteiger partial charge in [0.05, 0.1) is 12.3 Å². The minimum Gasteiger partial charge on any atom is -0.357 e. The fourth-order valence-corrected chi connectivity index (χ4v) is 4.04. The van der Waals surface area contributed by atoms with E-state index >= 15 is 0 Å². The Balaban J connectivity index is 0.00000729. The standard InChI is InChI=1S/C19H41N5O2S.HI/c1-5-20-19(23-17(4)10-9-14-24(6-2)7-3)21-13-15-27(25,26)22-16-18-11-8-12-18;/h17-18,22H,5-16H2,1-4H3,(H2,20,21,23);1H. The van der Waals surface area contributed by atoms with Crippen LogP contribution in [0.3, 0.4) is 0 Å². The van der Waals surface area contributed by atoms with E-state index in [4.69, 9.17) is 0 Å². The highest BCUT2D eigenvalue weighted by Gasteiger charge is 2.20. The van der Waals surface area contributed by atoms with Crippen molar-refractivity contribution in [2.75, 3.05) is 45.0 Å². The lowest BCUT2D eigenvalue weighted by molar-refractivity contribution is 0.292. The van der Waals surface area contributed by atoms with Gasteiger partial charge in [0.1, 0.15) is 0 Å². The molecule has 0 heterocycles. The van der Waals surface area contributed by atoms with Gasteiger partial charge >= 0.3 is 0 Å². The van der Waals surface area contributed by atoms with Gasteiger partial charge < -0.3 is 15.5 Å². The summed E-state index contributed by atoms with van der Waals surface area (Å²) in [7, 11) is -3.24. The molecule has 0 aliphatic heterocycles. The maximum Gasteiger partial charge on any atom is 0.213 e. The van der Waals surface area contributed by atoms with E-state index in [1.165, 1.54) is 6.42 Å². The van der Waals surface area contributed by atoms with Crippen molar-refractivity contribution >= 4 is 40.0 Å². The van der Waals surface area contributed by atoms with E-state index in [0.717, 1.165) is 51.9 Å². The monoisotopic (exact) mass is 531 g/mol. The predicted molar refractivity (Wildman–Crippen MR) is 130 cm³/mol. The van der Waals surface area contributed by atoms with Crippen LogP contribution in [0, 0.1) is 5.92 Å². The largest absolute Gasteiger partial charge is 0.357 e. The first-order valence-electron chi connectivity index (χ1n) is 10.6. The van der Waals surface area contributed by atoms with Crippen LogP contribution >= 0.6 is 24.0 Å². The Bertz CT molecular complexity index is 522. The van der Waals surface area contributed by atoms with Crippen LogP contribution in [0.1, 0.15) is 59.8 Å². The fourth-order valence-electron chi connectivity index (χ4n) is 3.08. The number of guanidine groups is 1. The van der Waals surface area contributed by atoms with Crippen LogP contribution in [0.4, 0.5) is 0 Å². The van der Waals surface area contributed by atoms with Gasteiger partial charge in [-0.1, -0.05) is 20.3 Å². The second kappa shape index (κ2) is 15.7. The summed E-state index contributed by atoms with van der Waals surface area (Å²) in [5, 5.41) is 6.59. The van der Waals surface area contributed by atoms with Gasteiger partial charge in [0.25, 0.3) is 0 Å². The quantitative estimate of drug-likeness (QED) is 0.182. The van der Waals surface area contributed by atoms with Crippen LogP contribution in [-0.2, 0) is 10.0 Å². The summed E-state index contributed by atoms with van der Waals surface area (Å²) in [6.45, 7) is 13.4. The van der Waals surface area contributed by atoms with Gasteiger partial charge in [-0.25, -0.2) is 13.1 Å². The molecule has 1 fully saturated rings. The van der Waals surface area contributed by atoms with Crippen molar-refractivity contribution in [3.05, 3.63) is 0 Å². The van der Waals surface area contributed by atoms with Gasteiger partial charge in [-0.2, -0.15) is 0 Å². The summed E-state index contributed by atoms with van der Waals surface area (Å²) >= 11 is 0. The maximum absolute atomic E-state index is 12.1. The van der Waals surface area contributed by atoms with Gasteiger partial charge in [0.2, 0.25) is 10.0 Å². The number of nitrogens with zero attached hydrogens (tertiary/aromatic N) is 2.